The second-order valence-electron chi connectivity index (χ2n) is 7.55. The fourth-order valence-corrected chi connectivity index (χ4v) is 3.76. The molecule has 0 bridgehead atoms. The molecule has 0 saturated carbocycles. The minimum Gasteiger partial charge on any atom is -0.494 e. The van der Waals surface area contributed by atoms with Gasteiger partial charge in [0, 0.05) is 25.2 Å². The first-order chi connectivity index (χ1) is 14.5. The molecule has 1 aromatic carbocycles. The van der Waals surface area contributed by atoms with Gasteiger partial charge >= 0.3 is 0 Å². The highest BCUT2D eigenvalue weighted by atomic mass is 16.6. The van der Waals surface area contributed by atoms with Crippen molar-refractivity contribution in [3.05, 3.63) is 68.6 Å². The van der Waals surface area contributed by atoms with Gasteiger partial charge in [0.25, 0.3) is 11.2 Å². The van der Waals surface area contributed by atoms with Gasteiger partial charge in [0.15, 0.2) is 0 Å². The quantitative estimate of drug-likeness (QED) is 0.490. The summed E-state index contributed by atoms with van der Waals surface area (Å²) in [5.41, 5.74) is 0.664. The van der Waals surface area contributed by atoms with Crippen LogP contribution in [0.25, 0.3) is 0 Å². The Labute approximate surface area is 175 Å². The highest BCUT2D eigenvalue weighted by molar-refractivity contribution is 5.76. The smallest absolute Gasteiger partial charge is 0.285 e. The molecule has 1 aliphatic heterocycles. The number of pyridine rings is 1. The van der Waals surface area contributed by atoms with Crippen molar-refractivity contribution < 1.29 is 14.5 Å². The predicted octanol–water partition coefficient (Wildman–Crippen LogP) is 3.03. The lowest BCUT2D eigenvalue weighted by Crippen LogP contribution is -2.41. The minimum absolute atomic E-state index is 0.169. The molecule has 0 unspecified atom stereocenters. The molecule has 2 heterocycles. The molecule has 8 heteroatoms. The van der Waals surface area contributed by atoms with E-state index in [4.69, 9.17) is 4.74 Å². The van der Waals surface area contributed by atoms with Crippen LogP contribution in [0.15, 0.2) is 47.4 Å². The van der Waals surface area contributed by atoms with Crippen LogP contribution in [0.4, 0.5) is 5.69 Å². The van der Waals surface area contributed by atoms with Crippen LogP contribution in [0, 0.1) is 16.0 Å². The third-order valence-corrected chi connectivity index (χ3v) is 5.53. The van der Waals surface area contributed by atoms with E-state index in [0.717, 1.165) is 54.3 Å². The van der Waals surface area contributed by atoms with Crippen LogP contribution in [0.3, 0.4) is 0 Å². The van der Waals surface area contributed by atoms with Crippen molar-refractivity contribution in [2.45, 2.75) is 39.2 Å². The van der Waals surface area contributed by atoms with Crippen molar-refractivity contribution in [1.29, 1.82) is 0 Å². The van der Waals surface area contributed by atoms with Crippen LogP contribution in [0.1, 0.15) is 31.7 Å². The van der Waals surface area contributed by atoms with E-state index in [2.05, 4.69) is 12.1 Å². The van der Waals surface area contributed by atoms with Crippen molar-refractivity contribution in [2.75, 3.05) is 19.7 Å². The molecule has 0 radical (unpaired) electrons. The van der Waals surface area contributed by atoms with E-state index in [1.54, 1.807) is 4.90 Å². The summed E-state index contributed by atoms with van der Waals surface area (Å²) in [6.45, 7) is 3.75. The van der Waals surface area contributed by atoms with Crippen LogP contribution < -0.4 is 10.3 Å². The Morgan fingerprint density at radius 3 is 2.50 bits per heavy atom. The van der Waals surface area contributed by atoms with Crippen LogP contribution in [0.5, 0.6) is 5.75 Å². The summed E-state index contributed by atoms with van der Waals surface area (Å²) in [7, 11) is 0. The number of nitrogens with zero attached hydrogens (tertiary/aromatic N) is 3. The zero-order valence-electron chi connectivity index (χ0n) is 17.2. The summed E-state index contributed by atoms with van der Waals surface area (Å²) < 4.78 is 6.58. The lowest BCUT2D eigenvalue weighted by atomic mass is 9.90. The van der Waals surface area contributed by atoms with Crippen LogP contribution in [-0.4, -0.2) is 40.0 Å². The number of likely N-dealkylation sites (tertiary alicyclic amines) is 1. The van der Waals surface area contributed by atoms with E-state index in [-0.39, 0.29) is 18.1 Å². The standard InChI is InChI=1S/C22H27N3O5/c1-2-30-20-8-5-17(6-9-20)3-4-18-11-13-23(14-12-18)22(27)16-24-15-19(25(28)29)7-10-21(24)26/h5-10,15,18H,2-4,11-14,16H2,1H3. The van der Waals surface area contributed by atoms with Gasteiger partial charge in [0.1, 0.15) is 12.3 Å². The first kappa shape index (κ1) is 21.5. The van der Waals surface area contributed by atoms with Crippen molar-refractivity contribution in [1.82, 2.24) is 9.47 Å². The molecule has 2 aromatic rings. The zero-order valence-corrected chi connectivity index (χ0v) is 17.2. The fraction of sp³-hybridized carbons (Fsp3) is 0.455. The number of benzene rings is 1. The van der Waals surface area contributed by atoms with E-state index in [0.29, 0.717) is 25.6 Å². The summed E-state index contributed by atoms with van der Waals surface area (Å²) in [6, 6.07) is 10.5. The molecule has 3 rings (SSSR count). The van der Waals surface area contributed by atoms with Gasteiger partial charge in [0.2, 0.25) is 5.91 Å². The number of piperidine rings is 1. The molecular weight excluding hydrogens is 386 g/mol. The second-order valence-corrected chi connectivity index (χ2v) is 7.55. The highest BCUT2D eigenvalue weighted by Crippen LogP contribution is 2.23. The lowest BCUT2D eigenvalue weighted by molar-refractivity contribution is -0.385. The molecule has 0 aliphatic carbocycles. The maximum atomic E-state index is 12.6. The van der Waals surface area contributed by atoms with Gasteiger partial charge in [-0.1, -0.05) is 12.1 Å². The third kappa shape index (κ3) is 5.68. The van der Waals surface area contributed by atoms with Gasteiger partial charge in [-0.15, -0.1) is 0 Å². The molecule has 0 atom stereocenters. The average molecular weight is 413 g/mol. The van der Waals surface area contributed by atoms with Crippen LogP contribution in [0.2, 0.25) is 0 Å². The average Bonchev–Trinajstić information content (AvgIpc) is 2.75. The minimum atomic E-state index is -0.573. The Bertz CT molecular complexity index is 931. The molecule has 30 heavy (non-hydrogen) atoms. The number of nitro groups is 1. The van der Waals surface area contributed by atoms with Crippen LogP contribution >= 0.6 is 0 Å². The zero-order chi connectivity index (χ0) is 21.5. The SMILES string of the molecule is CCOc1ccc(CCC2CCN(C(=O)Cn3cc([N+](=O)[O-])ccc3=O)CC2)cc1. The van der Waals surface area contributed by atoms with Gasteiger partial charge in [-0.25, -0.2) is 0 Å². The van der Waals surface area contributed by atoms with E-state index >= 15 is 0 Å². The molecule has 1 saturated heterocycles. The molecule has 1 fully saturated rings. The van der Waals surface area contributed by atoms with E-state index in [9.17, 15) is 19.7 Å². The highest BCUT2D eigenvalue weighted by Gasteiger charge is 2.23. The molecule has 0 spiro atoms. The first-order valence-electron chi connectivity index (χ1n) is 10.3. The summed E-state index contributed by atoms with van der Waals surface area (Å²) in [4.78, 5) is 36.5. The Kier molecular flexibility index (Phi) is 7.21. The maximum Gasteiger partial charge on any atom is 0.285 e. The lowest BCUT2D eigenvalue weighted by Gasteiger charge is -2.32. The van der Waals surface area contributed by atoms with Crippen molar-refractivity contribution in [3.8, 4) is 5.75 Å². The monoisotopic (exact) mass is 413 g/mol. The number of carbonyl (C=O) groups excluding carboxylic acids is 1. The van der Waals surface area contributed by atoms with Gasteiger partial charge in [-0.2, -0.15) is 0 Å². The number of rotatable bonds is 8. The Balaban J connectivity index is 1.47. The molecule has 1 aromatic heterocycles. The molecular formula is C22H27N3O5. The van der Waals surface area contributed by atoms with E-state index in [1.165, 1.54) is 5.56 Å². The number of ether oxygens (including phenoxy) is 1. The van der Waals surface area contributed by atoms with E-state index < -0.39 is 10.5 Å². The number of hydrogen-bond acceptors (Lipinski definition) is 5. The number of hydrogen-bond donors (Lipinski definition) is 0. The van der Waals surface area contributed by atoms with Gasteiger partial charge < -0.3 is 9.64 Å². The Morgan fingerprint density at radius 1 is 1.17 bits per heavy atom. The van der Waals surface area contributed by atoms with E-state index in [1.807, 2.05) is 19.1 Å². The molecule has 0 N–H and O–H groups in total. The van der Waals surface area contributed by atoms with Crippen LogP contribution in [-0.2, 0) is 17.8 Å². The number of aromatic nitrogens is 1. The summed E-state index contributed by atoms with van der Waals surface area (Å²) in [5, 5.41) is 10.9. The molecule has 160 valence electrons. The Morgan fingerprint density at radius 2 is 1.87 bits per heavy atom. The van der Waals surface area contributed by atoms with Crippen molar-refractivity contribution >= 4 is 11.6 Å². The third-order valence-electron chi connectivity index (χ3n) is 5.53. The Hall–Kier alpha value is -3.16. The van der Waals surface area contributed by atoms with Gasteiger partial charge in [-0.05, 0) is 56.2 Å². The molecule has 1 aliphatic rings. The number of carbonyl (C=O) groups is 1. The summed E-state index contributed by atoms with van der Waals surface area (Å²) in [6.07, 6.45) is 5.04. The van der Waals surface area contributed by atoms with Crippen molar-refractivity contribution in [2.24, 2.45) is 5.92 Å². The summed E-state index contributed by atoms with van der Waals surface area (Å²) in [5.74, 6) is 1.26. The molecule has 1 amide bonds. The number of amides is 1. The fourth-order valence-electron chi connectivity index (χ4n) is 3.76. The van der Waals surface area contributed by atoms with Gasteiger partial charge in [0.05, 0.1) is 17.7 Å². The number of aryl methyl sites for hydroxylation is 1. The largest absolute Gasteiger partial charge is 0.494 e. The predicted molar refractivity (Wildman–Crippen MR) is 113 cm³/mol. The van der Waals surface area contributed by atoms with Gasteiger partial charge in [-0.3, -0.25) is 24.3 Å². The first-order valence-corrected chi connectivity index (χ1v) is 10.3. The second kappa shape index (κ2) is 10.0. The van der Waals surface area contributed by atoms with Crippen molar-refractivity contribution in [3.63, 3.8) is 0 Å². The molecule has 8 nitrogen and oxygen atoms in total. The topological polar surface area (TPSA) is 94.7 Å². The normalized spacial score (nSPS) is 14.5. The maximum absolute atomic E-state index is 12.6. The summed E-state index contributed by atoms with van der Waals surface area (Å²) >= 11 is 0.